The fourth-order valence-corrected chi connectivity index (χ4v) is 3.36. The first-order valence-corrected chi connectivity index (χ1v) is 10.7. The summed E-state index contributed by atoms with van der Waals surface area (Å²) in [6, 6.07) is 0. The third-order valence-electron chi connectivity index (χ3n) is 5.15. The van der Waals surface area contributed by atoms with Gasteiger partial charge in [-0.3, -0.25) is 38.8 Å². The molecule has 1 heterocycles. The molecule has 182 valence electrons. The molecule has 1 fully saturated rings. The number of aldehydes is 1. The van der Waals surface area contributed by atoms with Crippen LogP contribution < -0.4 is 5.32 Å². The highest BCUT2D eigenvalue weighted by Crippen LogP contribution is 2.01. The number of carbonyl (C=O) groups is 5. The number of hydrogen-bond acceptors (Lipinski definition) is 9. The Balaban J connectivity index is 2.85. The number of carboxylic acid groups (broad SMARTS) is 2. The predicted octanol–water partition coefficient (Wildman–Crippen LogP) is -2.33. The van der Waals surface area contributed by atoms with E-state index in [1.807, 2.05) is 9.80 Å². The van der Waals surface area contributed by atoms with Crippen LogP contribution in [0.3, 0.4) is 0 Å². The molecule has 0 aromatic heterocycles. The molecule has 0 saturated carbocycles. The van der Waals surface area contributed by atoms with E-state index in [0.29, 0.717) is 52.4 Å². The molecular weight excluding hydrogens is 422 g/mol. The number of nitrogens with zero attached hydrogens (tertiary/aromatic N) is 4. The van der Waals surface area contributed by atoms with Crippen LogP contribution in [-0.4, -0.2) is 145 Å². The Hall–Kier alpha value is -2.41. The minimum atomic E-state index is -0.958. The standard InChI is InChI=1S/C20H35N5O7/c1-17(27)2-3-21-18(28)14-23-8-10-24(15-19(29)30)6-4-22(12-13-26)5-7-25(11-9-23)16-20(31)32/h13H,2-12,14-16H2,1H3,(H,21,28)(H,29,30)(H,31,32). The third-order valence-corrected chi connectivity index (χ3v) is 5.15. The Labute approximate surface area is 188 Å². The second kappa shape index (κ2) is 15.4. The highest BCUT2D eigenvalue weighted by atomic mass is 16.4. The molecule has 1 rings (SSSR count). The summed E-state index contributed by atoms with van der Waals surface area (Å²) < 4.78 is 0. The van der Waals surface area contributed by atoms with Crippen LogP contribution >= 0.6 is 0 Å². The number of carboxylic acids is 2. The predicted molar refractivity (Wildman–Crippen MR) is 115 cm³/mol. The van der Waals surface area contributed by atoms with Gasteiger partial charge in [-0.25, -0.2) is 0 Å². The quantitative estimate of drug-likeness (QED) is 0.287. The van der Waals surface area contributed by atoms with Crippen LogP contribution in [-0.2, 0) is 24.0 Å². The van der Waals surface area contributed by atoms with Crippen LogP contribution in [0, 0.1) is 0 Å². The lowest BCUT2D eigenvalue weighted by Crippen LogP contribution is -2.49. The maximum Gasteiger partial charge on any atom is 0.317 e. The summed E-state index contributed by atoms with van der Waals surface area (Å²) in [4.78, 5) is 64.1. The molecule has 1 aliphatic heterocycles. The van der Waals surface area contributed by atoms with Crippen molar-refractivity contribution in [3.8, 4) is 0 Å². The van der Waals surface area contributed by atoms with E-state index in [1.54, 1.807) is 9.80 Å². The molecule has 0 spiro atoms. The van der Waals surface area contributed by atoms with Gasteiger partial charge in [-0.15, -0.1) is 0 Å². The van der Waals surface area contributed by atoms with Gasteiger partial charge in [0, 0.05) is 65.3 Å². The van der Waals surface area contributed by atoms with Gasteiger partial charge in [0.25, 0.3) is 0 Å². The van der Waals surface area contributed by atoms with Crippen molar-refractivity contribution in [2.75, 3.05) is 85.1 Å². The molecule has 1 aliphatic rings. The van der Waals surface area contributed by atoms with E-state index < -0.39 is 11.9 Å². The van der Waals surface area contributed by atoms with Crippen molar-refractivity contribution in [3.63, 3.8) is 0 Å². The fourth-order valence-electron chi connectivity index (χ4n) is 3.36. The second-order valence-electron chi connectivity index (χ2n) is 7.89. The summed E-state index contributed by atoms with van der Waals surface area (Å²) in [6.07, 6.45) is 1.03. The van der Waals surface area contributed by atoms with Gasteiger partial charge in [0.15, 0.2) is 0 Å². The Kier molecular flexibility index (Phi) is 13.3. The number of aliphatic carboxylic acids is 2. The molecule has 12 nitrogen and oxygen atoms in total. The summed E-state index contributed by atoms with van der Waals surface area (Å²) in [5, 5.41) is 21.1. The fraction of sp³-hybridized carbons (Fsp3) is 0.750. The van der Waals surface area contributed by atoms with Crippen molar-refractivity contribution in [2.45, 2.75) is 13.3 Å². The minimum absolute atomic E-state index is 0.0196. The molecule has 0 bridgehead atoms. The molecule has 0 aromatic rings. The minimum Gasteiger partial charge on any atom is -0.480 e. The van der Waals surface area contributed by atoms with E-state index in [1.165, 1.54) is 6.92 Å². The molecule has 12 heteroatoms. The van der Waals surface area contributed by atoms with Crippen LogP contribution in [0.15, 0.2) is 0 Å². The van der Waals surface area contributed by atoms with Crippen molar-refractivity contribution in [1.29, 1.82) is 0 Å². The number of hydrogen-bond donors (Lipinski definition) is 3. The van der Waals surface area contributed by atoms with Crippen LogP contribution in [0.2, 0.25) is 0 Å². The number of nitrogens with one attached hydrogen (secondary N) is 1. The van der Waals surface area contributed by atoms with Gasteiger partial charge >= 0.3 is 11.9 Å². The van der Waals surface area contributed by atoms with Gasteiger partial charge in [0.2, 0.25) is 5.91 Å². The average Bonchev–Trinajstić information content (AvgIpc) is 2.69. The van der Waals surface area contributed by atoms with Crippen LogP contribution in [0.4, 0.5) is 0 Å². The van der Waals surface area contributed by atoms with E-state index in [0.717, 1.165) is 6.29 Å². The van der Waals surface area contributed by atoms with Crippen molar-refractivity contribution < 1.29 is 34.2 Å². The first kappa shape index (κ1) is 27.6. The Morgan fingerprint density at radius 1 is 0.750 bits per heavy atom. The summed E-state index contributed by atoms with van der Waals surface area (Å²) in [6.45, 7) is 5.10. The molecule has 1 amide bonds. The van der Waals surface area contributed by atoms with E-state index in [4.69, 9.17) is 0 Å². The SMILES string of the molecule is CC(=O)CCNC(=O)CN1CCN(CC(=O)O)CCN(CC=O)CCN(CC(=O)O)CC1. The number of amides is 1. The summed E-state index contributed by atoms with van der Waals surface area (Å²) in [5.74, 6) is -2.18. The van der Waals surface area contributed by atoms with Gasteiger partial charge in [-0.05, 0) is 6.92 Å². The van der Waals surface area contributed by atoms with Crippen LogP contribution in [0.25, 0.3) is 0 Å². The molecule has 32 heavy (non-hydrogen) atoms. The monoisotopic (exact) mass is 457 g/mol. The maximum atomic E-state index is 12.3. The van der Waals surface area contributed by atoms with Gasteiger partial charge in [-0.1, -0.05) is 0 Å². The topological polar surface area (TPSA) is 151 Å². The zero-order chi connectivity index (χ0) is 23.9. The highest BCUT2D eigenvalue weighted by Gasteiger charge is 2.20. The van der Waals surface area contributed by atoms with Crippen LogP contribution in [0.1, 0.15) is 13.3 Å². The maximum absolute atomic E-state index is 12.3. The van der Waals surface area contributed by atoms with E-state index in [-0.39, 0.29) is 50.8 Å². The Bertz CT molecular complexity index is 614. The number of Topliss-reactive ketones (excluding diaryl/α,β-unsaturated/α-hetero) is 1. The molecule has 0 unspecified atom stereocenters. The van der Waals surface area contributed by atoms with E-state index in [9.17, 15) is 34.2 Å². The summed E-state index contributed by atoms with van der Waals surface area (Å²) in [7, 11) is 0. The van der Waals surface area contributed by atoms with Gasteiger partial charge < -0.3 is 20.3 Å². The first-order chi connectivity index (χ1) is 15.2. The first-order valence-electron chi connectivity index (χ1n) is 10.7. The van der Waals surface area contributed by atoms with Crippen molar-refractivity contribution >= 4 is 29.9 Å². The zero-order valence-corrected chi connectivity index (χ0v) is 18.7. The molecule has 3 N–H and O–H groups in total. The number of rotatable bonds is 11. The highest BCUT2D eigenvalue weighted by molar-refractivity contribution is 5.80. The lowest BCUT2D eigenvalue weighted by molar-refractivity contribution is -0.139. The molecule has 0 aromatic carbocycles. The number of ketones is 1. The molecule has 0 aliphatic carbocycles. The second-order valence-corrected chi connectivity index (χ2v) is 7.89. The largest absolute Gasteiger partial charge is 0.480 e. The summed E-state index contributed by atoms with van der Waals surface area (Å²) in [5.41, 5.74) is 0. The van der Waals surface area contributed by atoms with Crippen molar-refractivity contribution in [1.82, 2.24) is 24.9 Å². The van der Waals surface area contributed by atoms with E-state index >= 15 is 0 Å². The van der Waals surface area contributed by atoms with Crippen molar-refractivity contribution in [2.24, 2.45) is 0 Å². The van der Waals surface area contributed by atoms with E-state index in [2.05, 4.69) is 5.32 Å². The Morgan fingerprint density at radius 2 is 1.16 bits per heavy atom. The number of carbonyl (C=O) groups excluding carboxylic acids is 3. The van der Waals surface area contributed by atoms with Gasteiger partial charge in [-0.2, -0.15) is 0 Å². The lowest BCUT2D eigenvalue weighted by atomic mass is 10.3. The lowest BCUT2D eigenvalue weighted by Gasteiger charge is -2.32. The zero-order valence-electron chi connectivity index (χ0n) is 18.7. The van der Waals surface area contributed by atoms with Gasteiger partial charge in [0.1, 0.15) is 12.1 Å². The van der Waals surface area contributed by atoms with Crippen molar-refractivity contribution in [3.05, 3.63) is 0 Å². The van der Waals surface area contributed by atoms with Gasteiger partial charge in [0.05, 0.1) is 26.2 Å². The smallest absolute Gasteiger partial charge is 0.317 e. The van der Waals surface area contributed by atoms with Crippen LogP contribution in [0.5, 0.6) is 0 Å². The summed E-state index contributed by atoms with van der Waals surface area (Å²) >= 11 is 0. The molecular formula is C20H35N5O7. The normalized spacial score (nSPS) is 18.3. The molecule has 0 radical (unpaired) electrons. The third kappa shape index (κ3) is 13.1. The molecule has 1 saturated heterocycles. The Morgan fingerprint density at radius 3 is 1.53 bits per heavy atom. The molecule has 0 atom stereocenters. The average molecular weight is 458 g/mol.